The van der Waals surface area contributed by atoms with Crippen LogP contribution in [0.3, 0.4) is 0 Å². The van der Waals surface area contributed by atoms with Gasteiger partial charge in [-0.15, -0.1) is 23.1 Å². The highest BCUT2D eigenvalue weighted by Gasteiger charge is 2.23. The summed E-state index contributed by atoms with van der Waals surface area (Å²) in [5, 5.41) is 1.96. The Kier molecular flexibility index (Phi) is 7.18. The lowest BCUT2D eigenvalue weighted by molar-refractivity contribution is -0.121. The molecule has 0 aliphatic carbocycles. The van der Waals surface area contributed by atoms with E-state index in [9.17, 15) is 9.59 Å². The molecular formula is C22H22N4O3S2. The third-order valence-electron chi connectivity index (χ3n) is 4.64. The average molecular weight is 455 g/mol. The van der Waals surface area contributed by atoms with Crippen LogP contribution in [0.25, 0.3) is 0 Å². The fourth-order valence-electron chi connectivity index (χ4n) is 3.05. The van der Waals surface area contributed by atoms with Crippen LogP contribution in [-0.4, -0.2) is 43.1 Å². The Hall–Kier alpha value is -2.88. The minimum absolute atomic E-state index is 0.277. The van der Waals surface area contributed by atoms with E-state index in [1.165, 1.54) is 23.1 Å². The zero-order valence-electron chi connectivity index (χ0n) is 16.7. The van der Waals surface area contributed by atoms with Crippen LogP contribution in [0, 0.1) is 0 Å². The van der Waals surface area contributed by atoms with E-state index < -0.39 is 11.2 Å². The molecule has 1 aliphatic rings. The van der Waals surface area contributed by atoms with Gasteiger partial charge in [0.1, 0.15) is 10.9 Å². The lowest BCUT2D eigenvalue weighted by Crippen LogP contribution is -2.43. The van der Waals surface area contributed by atoms with Crippen molar-refractivity contribution in [3.63, 3.8) is 0 Å². The second-order valence-corrected chi connectivity index (χ2v) is 8.79. The molecule has 0 radical (unpaired) electrons. The summed E-state index contributed by atoms with van der Waals surface area (Å²) >= 11 is 2.83. The monoisotopic (exact) mass is 454 g/mol. The Balaban J connectivity index is 1.40. The van der Waals surface area contributed by atoms with E-state index in [1.807, 2.05) is 60.7 Å². The number of carbonyl (C=O) groups excluding carboxylic acids is 2. The fourth-order valence-corrected chi connectivity index (χ4v) is 4.96. The molecule has 31 heavy (non-hydrogen) atoms. The van der Waals surface area contributed by atoms with Crippen LogP contribution in [0.5, 0.6) is 0 Å². The normalized spacial score (nSPS) is 14.6. The Morgan fingerprint density at radius 1 is 1.00 bits per heavy atom. The molecule has 9 heteroatoms. The molecular weight excluding hydrogens is 432 g/mol. The topological polar surface area (TPSA) is 83.6 Å². The van der Waals surface area contributed by atoms with E-state index in [1.54, 1.807) is 5.38 Å². The highest BCUT2D eigenvalue weighted by Crippen LogP contribution is 2.35. The van der Waals surface area contributed by atoms with E-state index >= 15 is 0 Å². The Bertz CT molecular complexity index is 1010. The number of hydrazine groups is 1. The largest absolute Gasteiger partial charge is 0.378 e. The van der Waals surface area contributed by atoms with Gasteiger partial charge in [-0.1, -0.05) is 48.5 Å². The quantitative estimate of drug-likeness (QED) is 0.439. The third kappa shape index (κ3) is 5.63. The van der Waals surface area contributed by atoms with Crippen molar-refractivity contribution in [2.45, 2.75) is 10.1 Å². The van der Waals surface area contributed by atoms with E-state index in [0.29, 0.717) is 13.2 Å². The predicted molar refractivity (Wildman–Crippen MR) is 122 cm³/mol. The number of amides is 2. The number of thiazole rings is 1. The molecule has 2 aromatic carbocycles. The Morgan fingerprint density at radius 2 is 1.68 bits per heavy atom. The number of thioether (sulfide) groups is 1. The smallest absolute Gasteiger partial charge is 0.289 e. The molecule has 1 unspecified atom stereocenters. The van der Waals surface area contributed by atoms with Gasteiger partial charge in [0.25, 0.3) is 11.8 Å². The lowest BCUT2D eigenvalue weighted by atomic mass is 10.1. The molecule has 0 bridgehead atoms. The summed E-state index contributed by atoms with van der Waals surface area (Å²) in [6.45, 7) is 2.80. The number of anilines is 1. The van der Waals surface area contributed by atoms with Gasteiger partial charge in [-0.25, -0.2) is 4.98 Å². The van der Waals surface area contributed by atoms with Gasteiger partial charge in [-0.2, -0.15) is 0 Å². The van der Waals surface area contributed by atoms with Crippen molar-refractivity contribution in [2.24, 2.45) is 0 Å². The second kappa shape index (κ2) is 10.4. The van der Waals surface area contributed by atoms with E-state index in [2.05, 4.69) is 20.7 Å². The van der Waals surface area contributed by atoms with Gasteiger partial charge in [0.2, 0.25) is 0 Å². The van der Waals surface area contributed by atoms with Crippen molar-refractivity contribution in [3.8, 4) is 0 Å². The Morgan fingerprint density at radius 3 is 2.39 bits per heavy atom. The molecule has 3 aromatic rings. The molecule has 1 saturated heterocycles. The maximum Gasteiger partial charge on any atom is 0.289 e. The zero-order valence-corrected chi connectivity index (χ0v) is 18.3. The number of ether oxygens (including phenoxy) is 1. The lowest BCUT2D eigenvalue weighted by Gasteiger charge is -2.25. The fraction of sp³-hybridized carbons (Fsp3) is 0.227. The van der Waals surface area contributed by atoms with Crippen LogP contribution in [0.4, 0.5) is 5.13 Å². The first-order valence-corrected chi connectivity index (χ1v) is 11.6. The van der Waals surface area contributed by atoms with Crippen molar-refractivity contribution in [1.29, 1.82) is 0 Å². The SMILES string of the molecule is O=C(NNC(=O)C(Sc1ccccc1)c1ccccc1)c1csc(N2CCOCC2)n1. The second-order valence-electron chi connectivity index (χ2n) is 6.78. The molecule has 2 N–H and O–H groups in total. The minimum atomic E-state index is -0.511. The van der Waals surface area contributed by atoms with Crippen molar-refractivity contribution >= 4 is 40.0 Å². The zero-order chi connectivity index (χ0) is 21.5. The highest BCUT2D eigenvalue weighted by atomic mass is 32.2. The molecule has 1 aromatic heterocycles. The van der Waals surface area contributed by atoms with Crippen LogP contribution < -0.4 is 15.8 Å². The summed E-state index contributed by atoms with van der Waals surface area (Å²) in [4.78, 5) is 32.9. The van der Waals surface area contributed by atoms with Gasteiger partial charge in [0.15, 0.2) is 5.13 Å². The molecule has 4 rings (SSSR count). The molecule has 1 aliphatic heterocycles. The van der Waals surface area contributed by atoms with Crippen LogP contribution in [0.2, 0.25) is 0 Å². The first-order chi connectivity index (χ1) is 15.2. The summed E-state index contributed by atoms with van der Waals surface area (Å²) in [5.41, 5.74) is 6.19. The van der Waals surface area contributed by atoms with Crippen molar-refractivity contribution < 1.29 is 14.3 Å². The van der Waals surface area contributed by atoms with Crippen LogP contribution in [0.15, 0.2) is 70.9 Å². The summed E-state index contributed by atoms with van der Waals surface area (Å²) in [6, 6.07) is 19.2. The van der Waals surface area contributed by atoms with Gasteiger partial charge in [0.05, 0.1) is 13.2 Å². The standard InChI is InChI=1S/C22H22N4O3S2/c27-20(18-15-30-22(23-18)26-11-13-29-14-12-26)24-25-21(28)19(16-7-3-1-4-8-16)31-17-9-5-2-6-10-17/h1-10,15,19H,11-14H2,(H,24,27)(H,25,28). The molecule has 2 heterocycles. The summed E-state index contributed by atoms with van der Waals surface area (Å²) < 4.78 is 5.35. The first-order valence-electron chi connectivity index (χ1n) is 9.86. The van der Waals surface area contributed by atoms with Gasteiger partial charge in [-0.05, 0) is 17.7 Å². The van der Waals surface area contributed by atoms with Gasteiger partial charge < -0.3 is 9.64 Å². The van der Waals surface area contributed by atoms with Crippen LogP contribution >= 0.6 is 23.1 Å². The number of benzene rings is 2. The first kappa shape index (κ1) is 21.4. The minimum Gasteiger partial charge on any atom is -0.378 e. The van der Waals surface area contributed by atoms with Gasteiger partial charge >= 0.3 is 0 Å². The Labute approximate surface area is 188 Å². The summed E-state index contributed by atoms with van der Waals surface area (Å²) in [5.74, 6) is -0.752. The molecule has 160 valence electrons. The van der Waals surface area contributed by atoms with Crippen LogP contribution in [-0.2, 0) is 9.53 Å². The maximum absolute atomic E-state index is 12.9. The number of hydrogen-bond acceptors (Lipinski definition) is 7. The highest BCUT2D eigenvalue weighted by molar-refractivity contribution is 8.00. The molecule has 0 spiro atoms. The number of nitrogens with one attached hydrogen (secondary N) is 2. The maximum atomic E-state index is 12.9. The number of hydrogen-bond donors (Lipinski definition) is 2. The van der Waals surface area contributed by atoms with E-state index in [4.69, 9.17) is 4.74 Å². The molecule has 7 nitrogen and oxygen atoms in total. The average Bonchev–Trinajstić information content (AvgIpc) is 3.33. The molecule has 0 saturated carbocycles. The number of aromatic nitrogens is 1. The van der Waals surface area contributed by atoms with Gasteiger partial charge in [-0.3, -0.25) is 20.4 Å². The van der Waals surface area contributed by atoms with Crippen LogP contribution in [0.1, 0.15) is 21.3 Å². The van der Waals surface area contributed by atoms with E-state index in [0.717, 1.165) is 28.7 Å². The van der Waals surface area contributed by atoms with Gasteiger partial charge in [0, 0.05) is 23.4 Å². The van der Waals surface area contributed by atoms with Crippen molar-refractivity contribution in [3.05, 3.63) is 77.3 Å². The molecule has 1 fully saturated rings. The number of nitrogens with zero attached hydrogens (tertiary/aromatic N) is 2. The number of carbonyl (C=O) groups is 2. The van der Waals surface area contributed by atoms with Crippen molar-refractivity contribution in [2.75, 3.05) is 31.2 Å². The number of morpholine rings is 1. The molecule has 2 amide bonds. The summed E-state index contributed by atoms with van der Waals surface area (Å²) in [6.07, 6.45) is 0. The number of rotatable bonds is 6. The van der Waals surface area contributed by atoms with Crippen molar-refractivity contribution in [1.82, 2.24) is 15.8 Å². The summed E-state index contributed by atoms with van der Waals surface area (Å²) in [7, 11) is 0. The van der Waals surface area contributed by atoms with E-state index in [-0.39, 0.29) is 11.6 Å². The predicted octanol–water partition coefficient (Wildman–Crippen LogP) is 3.27. The molecule has 1 atom stereocenters. The third-order valence-corrected chi connectivity index (χ3v) is 6.81.